The number of thiazole rings is 1. The van der Waals surface area contributed by atoms with Crippen molar-refractivity contribution in [1.82, 2.24) is 10.3 Å². The van der Waals surface area contributed by atoms with Crippen LogP contribution in [0.15, 0.2) is 6.20 Å². The van der Waals surface area contributed by atoms with Gasteiger partial charge in [0.15, 0.2) is 0 Å². The summed E-state index contributed by atoms with van der Waals surface area (Å²) in [6, 6.07) is 0. The SMILES string of the molecule is O=C(NC1(C(=O)O)CCCCCC1)c1cnc(C2CCCO2)s1. The lowest BCUT2D eigenvalue weighted by atomic mass is 9.90. The number of hydrogen-bond acceptors (Lipinski definition) is 5. The first-order chi connectivity index (χ1) is 11.1. The van der Waals surface area contributed by atoms with Crippen molar-refractivity contribution in [2.24, 2.45) is 0 Å². The van der Waals surface area contributed by atoms with E-state index in [0.29, 0.717) is 17.7 Å². The number of carboxylic acid groups (broad SMARTS) is 1. The molecule has 23 heavy (non-hydrogen) atoms. The van der Waals surface area contributed by atoms with Gasteiger partial charge in [-0.1, -0.05) is 25.7 Å². The molecule has 2 aliphatic rings. The Morgan fingerprint density at radius 2 is 2.00 bits per heavy atom. The van der Waals surface area contributed by atoms with Gasteiger partial charge in [0.2, 0.25) is 0 Å². The van der Waals surface area contributed by atoms with E-state index >= 15 is 0 Å². The minimum absolute atomic E-state index is 0.0205. The first-order valence-electron chi connectivity index (χ1n) is 8.24. The maximum atomic E-state index is 12.5. The van der Waals surface area contributed by atoms with Crippen LogP contribution in [0, 0.1) is 0 Å². The molecule has 0 spiro atoms. The van der Waals surface area contributed by atoms with Crippen molar-refractivity contribution < 1.29 is 19.4 Å². The summed E-state index contributed by atoms with van der Waals surface area (Å²) in [5.41, 5.74) is -1.14. The second-order valence-electron chi connectivity index (χ2n) is 6.32. The number of hydrogen-bond donors (Lipinski definition) is 2. The van der Waals surface area contributed by atoms with Crippen molar-refractivity contribution in [3.05, 3.63) is 16.1 Å². The largest absolute Gasteiger partial charge is 0.480 e. The quantitative estimate of drug-likeness (QED) is 0.824. The number of aliphatic carboxylic acids is 1. The van der Waals surface area contributed by atoms with Gasteiger partial charge >= 0.3 is 5.97 Å². The summed E-state index contributed by atoms with van der Waals surface area (Å²) >= 11 is 1.30. The van der Waals surface area contributed by atoms with Crippen LogP contribution in [0.3, 0.4) is 0 Å². The van der Waals surface area contributed by atoms with Gasteiger partial charge in [-0.3, -0.25) is 4.79 Å². The monoisotopic (exact) mass is 338 g/mol. The molecule has 1 aromatic heterocycles. The summed E-state index contributed by atoms with van der Waals surface area (Å²) in [4.78, 5) is 29.0. The molecule has 6 nitrogen and oxygen atoms in total. The number of carboxylic acids is 1. The van der Waals surface area contributed by atoms with Gasteiger partial charge in [0.1, 0.15) is 21.5 Å². The molecular formula is C16H22N2O4S. The van der Waals surface area contributed by atoms with E-state index in [-0.39, 0.29) is 12.0 Å². The molecule has 2 N–H and O–H groups in total. The van der Waals surface area contributed by atoms with E-state index in [2.05, 4.69) is 10.3 Å². The van der Waals surface area contributed by atoms with Crippen LogP contribution >= 0.6 is 11.3 Å². The molecule has 3 rings (SSSR count). The predicted octanol–water partition coefficient (Wildman–Crippen LogP) is 2.90. The summed E-state index contributed by atoms with van der Waals surface area (Å²) in [5.74, 6) is -1.27. The van der Waals surface area contributed by atoms with Crippen LogP contribution in [0.5, 0.6) is 0 Å². The number of rotatable bonds is 4. The number of nitrogens with zero attached hydrogens (tertiary/aromatic N) is 1. The Kier molecular flexibility index (Phi) is 4.96. The third-order valence-electron chi connectivity index (χ3n) is 4.67. The molecule has 1 amide bonds. The van der Waals surface area contributed by atoms with Crippen molar-refractivity contribution in [2.75, 3.05) is 6.61 Å². The summed E-state index contributed by atoms with van der Waals surface area (Å²) in [7, 11) is 0. The summed E-state index contributed by atoms with van der Waals surface area (Å²) in [5, 5.41) is 13.2. The average molecular weight is 338 g/mol. The third kappa shape index (κ3) is 3.55. The number of amides is 1. The summed E-state index contributed by atoms with van der Waals surface area (Å²) in [6.07, 6.45) is 8.13. The molecule has 1 saturated carbocycles. The fourth-order valence-electron chi connectivity index (χ4n) is 3.32. The van der Waals surface area contributed by atoms with Gasteiger partial charge in [0.25, 0.3) is 5.91 Å². The zero-order valence-electron chi connectivity index (χ0n) is 13.0. The van der Waals surface area contributed by atoms with E-state index < -0.39 is 11.5 Å². The van der Waals surface area contributed by atoms with E-state index in [9.17, 15) is 14.7 Å². The highest BCUT2D eigenvalue weighted by Crippen LogP contribution is 2.32. The van der Waals surface area contributed by atoms with Crippen molar-refractivity contribution in [2.45, 2.75) is 63.0 Å². The number of carbonyl (C=O) groups is 2. The summed E-state index contributed by atoms with van der Waals surface area (Å²) in [6.45, 7) is 0.730. The van der Waals surface area contributed by atoms with Gasteiger partial charge in [-0.15, -0.1) is 11.3 Å². The van der Waals surface area contributed by atoms with Crippen molar-refractivity contribution in [1.29, 1.82) is 0 Å². The van der Waals surface area contributed by atoms with Crippen LogP contribution in [0.4, 0.5) is 0 Å². The highest BCUT2D eigenvalue weighted by molar-refractivity contribution is 7.13. The maximum Gasteiger partial charge on any atom is 0.329 e. The standard InChI is InChI=1S/C16H22N2O4S/c19-13(12-10-17-14(23-12)11-6-5-9-22-11)18-16(15(20)21)7-3-1-2-4-8-16/h10-11H,1-9H2,(H,18,19)(H,20,21). The number of aromatic nitrogens is 1. The van der Waals surface area contributed by atoms with Crippen LogP contribution in [-0.2, 0) is 9.53 Å². The second-order valence-corrected chi connectivity index (χ2v) is 7.38. The Morgan fingerprint density at radius 3 is 2.61 bits per heavy atom. The van der Waals surface area contributed by atoms with Crippen LogP contribution in [0.2, 0.25) is 0 Å². The molecular weight excluding hydrogens is 316 g/mol. The lowest BCUT2D eigenvalue weighted by Crippen LogP contribution is -2.54. The van der Waals surface area contributed by atoms with Crippen LogP contribution < -0.4 is 5.32 Å². The van der Waals surface area contributed by atoms with Gasteiger partial charge in [-0.25, -0.2) is 9.78 Å². The molecule has 1 aromatic rings. The first kappa shape index (κ1) is 16.4. The Bertz CT molecular complexity index is 572. The minimum Gasteiger partial charge on any atom is -0.480 e. The Morgan fingerprint density at radius 1 is 1.26 bits per heavy atom. The van der Waals surface area contributed by atoms with Gasteiger partial charge in [-0.2, -0.15) is 0 Å². The topological polar surface area (TPSA) is 88.5 Å². The van der Waals surface area contributed by atoms with Gasteiger partial charge in [0.05, 0.1) is 6.20 Å². The average Bonchev–Trinajstić information content (AvgIpc) is 3.16. The van der Waals surface area contributed by atoms with E-state index in [1.807, 2.05) is 0 Å². The molecule has 1 saturated heterocycles. The summed E-state index contributed by atoms with van der Waals surface area (Å²) < 4.78 is 5.58. The molecule has 1 aliphatic heterocycles. The molecule has 0 radical (unpaired) electrons. The van der Waals surface area contributed by atoms with E-state index in [4.69, 9.17) is 4.74 Å². The lowest BCUT2D eigenvalue weighted by Gasteiger charge is -2.28. The Hall–Kier alpha value is -1.47. The van der Waals surface area contributed by atoms with Crippen molar-refractivity contribution in [3.8, 4) is 0 Å². The van der Waals surface area contributed by atoms with Gasteiger partial charge in [0, 0.05) is 6.61 Å². The third-order valence-corrected chi connectivity index (χ3v) is 5.76. The molecule has 0 aromatic carbocycles. The normalized spacial score (nSPS) is 24.1. The molecule has 1 unspecified atom stereocenters. The fraction of sp³-hybridized carbons (Fsp3) is 0.688. The number of ether oxygens (including phenoxy) is 1. The zero-order chi connectivity index (χ0) is 16.3. The molecule has 126 valence electrons. The molecule has 2 heterocycles. The second kappa shape index (κ2) is 6.97. The van der Waals surface area contributed by atoms with Gasteiger partial charge in [-0.05, 0) is 25.7 Å². The molecule has 2 fully saturated rings. The highest BCUT2D eigenvalue weighted by Gasteiger charge is 2.40. The smallest absolute Gasteiger partial charge is 0.329 e. The van der Waals surface area contributed by atoms with E-state index in [0.717, 1.165) is 50.1 Å². The molecule has 1 aliphatic carbocycles. The van der Waals surface area contributed by atoms with Gasteiger partial charge < -0.3 is 15.2 Å². The lowest BCUT2D eigenvalue weighted by molar-refractivity contribution is -0.145. The molecule has 0 bridgehead atoms. The van der Waals surface area contributed by atoms with Crippen LogP contribution in [-0.4, -0.2) is 34.1 Å². The predicted molar refractivity (Wildman–Crippen MR) is 85.6 cm³/mol. The molecule has 1 atom stereocenters. The fourth-order valence-corrected chi connectivity index (χ4v) is 4.21. The first-order valence-corrected chi connectivity index (χ1v) is 9.06. The molecule has 7 heteroatoms. The van der Waals surface area contributed by atoms with Crippen LogP contribution in [0.1, 0.15) is 72.1 Å². The van der Waals surface area contributed by atoms with E-state index in [1.165, 1.54) is 17.5 Å². The van der Waals surface area contributed by atoms with Crippen molar-refractivity contribution >= 4 is 23.2 Å². The van der Waals surface area contributed by atoms with Crippen LogP contribution in [0.25, 0.3) is 0 Å². The maximum absolute atomic E-state index is 12.5. The van der Waals surface area contributed by atoms with E-state index in [1.54, 1.807) is 0 Å². The Balaban J connectivity index is 1.72. The Labute approximate surface area is 139 Å². The van der Waals surface area contributed by atoms with Crippen molar-refractivity contribution in [3.63, 3.8) is 0 Å². The zero-order valence-corrected chi connectivity index (χ0v) is 13.9. The number of nitrogens with one attached hydrogen (secondary N) is 1. The number of carbonyl (C=O) groups excluding carboxylic acids is 1. The minimum atomic E-state index is -1.14. The highest BCUT2D eigenvalue weighted by atomic mass is 32.1.